The van der Waals surface area contributed by atoms with E-state index in [9.17, 15) is 0 Å². The minimum atomic E-state index is 0.385. The van der Waals surface area contributed by atoms with E-state index in [0.29, 0.717) is 91.9 Å². The molecule has 1 heterocycles. The minimum absolute atomic E-state index is 0.385. The zero-order valence-corrected chi connectivity index (χ0v) is 73.5. The second-order valence-electron chi connectivity index (χ2n) is 33.2. The van der Waals surface area contributed by atoms with Crippen LogP contribution in [0.5, 0.6) is 34.5 Å². The lowest BCUT2D eigenvalue weighted by atomic mass is 10.1. The zero-order valence-electron chi connectivity index (χ0n) is 73.5. The van der Waals surface area contributed by atoms with E-state index in [-0.39, 0.29) is 0 Å². The Hall–Kier alpha value is -4.93. The van der Waals surface area contributed by atoms with Crippen LogP contribution in [-0.2, 0) is 0 Å². The van der Waals surface area contributed by atoms with Crippen LogP contribution in [0.25, 0.3) is 11.4 Å². The first-order valence-corrected chi connectivity index (χ1v) is 48.3. The van der Waals surface area contributed by atoms with Gasteiger partial charge in [-0.25, -0.2) is 0 Å². The second-order valence-corrected chi connectivity index (χ2v) is 33.2. The number of benzene rings is 3. The van der Waals surface area contributed by atoms with Gasteiger partial charge in [-0.05, 0) is 51.0 Å². The summed E-state index contributed by atoms with van der Waals surface area (Å²) in [5, 5.41) is 7.38. The molecule has 1 aromatic heterocycles. The number of anilines is 4. The van der Waals surface area contributed by atoms with Gasteiger partial charge in [0, 0.05) is 41.2 Å². The molecule has 4 aromatic rings. The zero-order chi connectivity index (χ0) is 78.9. The van der Waals surface area contributed by atoms with Crippen LogP contribution < -0.4 is 39.1 Å². The molecule has 0 saturated carbocycles. The van der Waals surface area contributed by atoms with Gasteiger partial charge in [-0.2, -0.15) is 15.0 Å². The Morgan fingerprint density at radius 1 is 0.225 bits per heavy atom. The number of ether oxygens (including phenoxy) is 6. The van der Waals surface area contributed by atoms with Crippen molar-refractivity contribution in [3.63, 3.8) is 0 Å². The van der Waals surface area contributed by atoms with Crippen LogP contribution >= 0.6 is 0 Å². The Labute approximate surface area is 685 Å². The number of rotatable bonds is 83. The van der Waals surface area contributed by atoms with E-state index >= 15 is 0 Å². The van der Waals surface area contributed by atoms with E-state index in [2.05, 4.69) is 83.4 Å². The van der Waals surface area contributed by atoms with Crippen LogP contribution in [0, 0.1) is 6.92 Å². The fourth-order valence-corrected chi connectivity index (χ4v) is 15.2. The summed E-state index contributed by atoms with van der Waals surface area (Å²) in [6, 6.07) is 16.4. The van der Waals surface area contributed by atoms with Crippen molar-refractivity contribution in [1.82, 2.24) is 15.0 Å². The highest BCUT2D eigenvalue weighted by atomic mass is 16.5. The number of hydrogen-bond donors (Lipinski definition) is 2. The summed E-state index contributed by atoms with van der Waals surface area (Å²) in [6.07, 6.45) is 84.5. The van der Waals surface area contributed by atoms with E-state index in [0.717, 1.165) is 99.6 Å². The lowest BCUT2D eigenvalue weighted by Crippen LogP contribution is -2.09. The maximum absolute atomic E-state index is 6.91. The van der Waals surface area contributed by atoms with E-state index < -0.39 is 0 Å². The molecule has 0 unspecified atom stereocenters. The molecule has 0 aliphatic carbocycles. The molecule has 11 nitrogen and oxygen atoms in total. The first kappa shape index (κ1) is 98.4. The molecule has 0 spiro atoms. The molecule has 0 amide bonds. The Bertz CT molecular complexity index is 2450. The first-order chi connectivity index (χ1) is 54.9. The van der Waals surface area contributed by atoms with E-state index in [1.165, 1.54) is 347 Å². The molecule has 1 radical (unpaired) electrons. The highest BCUT2D eigenvalue weighted by molar-refractivity contribution is 5.70. The smallest absolute Gasteiger partial charge is 0.232 e. The molecule has 0 fully saturated rings. The molecule has 3 aromatic carbocycles. The van der Waals surface area contributed by atoms with Gasteiger partial charge in [-0.3, -0.25) is 0 Å². The van der Waals surface area contributed by atoms with Crippen LogP contribution in [0.4, 0.5) is 23.3 Å². The minimum Gasteiger partial charge on any atom is -0.489 e. The summed E-state index contributed by atoms with van der Waals surface area (Å²) in [6.45, 7) is 21.6. The Morgan fingerprint density at radius 2 is 0.405 bits per heavy atom. The number of nitrogens with one attached hydrogen (secondary N) is 2. The van der Waals surface area contributed by atoms with Crippen LogP contribution in [0.3, 0.4) is 0 Å². The highest BCUT2D eigenvalue weighted by Crippen LogP contribution is 2.44. The Balaban J connectivity index is 1.72. The standard InChI is InChI=1S/C100H174N5O6/c1-8-14-20-26-32-38-44-50-56-62-68-78-106-92-84-90(85-93(107-79-69-63-57-51-45-39-33-27-21-15-9-2)96(92)110-82-72-66-60-54-48-42-36-30-24-18-12-5)101-99-103-98(89-76-74-88(7)75-77-89)104-100(105-99)102-91-86-94(108-80-70-64-58-52-46-40-34-28-22-16-10-3)97(111-83-73-67-61-55-49-43-37-31-25-19-13-6)95(87-91)109-81-71-65-59-53-47-41-35-29-23-17-11-4/h74-77,84-87H,7-73,78-83H2,1-6H3,(H2,101,102,103,104,105). The van der Waals surface area contributed by atoms with Crippen molar-refractivity contribution in [1.29, 1.82) is 0 Å². The maximum Gasteiger partial charge on any atom is 0.232 e. The predicted octanol–water partition coefficient (Wildman–Crippen LogP) is 33.3. The molecular weight excluding hydrogens is 1370 g/mol. The Kier molecular flexibility index (Phi) is 64.5. The van der Waals surface area contributed by atoms with Crippen molar-refractivity contribution < 1.29 is 28.4 Å². The summed E-state index contributed by atoms with van der Waals surface area (Å²) >= 11 is 0. The SMILES string of the molecule is [CH2]c1ccc(-c2nc(Nc3cc(OCCCCCCCCCCCCC)c(OCCCCCCCCCCCCC)c(OCCCCCCCCCCCCC)c3)nc(Nc3cc(OCCCCCCCCCCCCC)c(OCCCCCCCCCCCCC)c(OCCCCCCCCCCCCC)c3)n2)cc1. The van der Waals surface area contributed by atoms with Gasteiger partial charge in [0.25, 0.3) is 0 Å². The van der Waals surface area contributed by atoms with Gasteiger partial charge in [0.1, 0.15) is 0 Å². The third-order valence-corrected chi connectivity index (χ3v) is 22.4. The maximum atomic E-state index is 6.91. The van der Waals surface area contributed by atoms with Crippen molar-refractivity contribution in [2.45, 2.75) is 465 Å². The second kappa shape index (κ2) is 72.7. The topological polar surface area (TPSA) is 118 Å². The third-order valence-electron chi connectivity index (χ3n) is 22.4. The van der Waals surface area contributed by atoms with Gasteiger partial charge < -0.3 is 39.1 Å². The van der Waals surface area contributed by atoms with Crippen molar-refractivity contribution in [2.24, 2.45) is 0 Å². The summed E-state index contributed by atoms with van der Waals surface area (Å²) in [5.74, 6) is 5.44. The fourth-order valence-electron chi connectivity index (χ4n) is 15.2. The van der Waals surface area contributed by atoms with Gasteiger partial charge in [0.05, 0.1) is 39.6 Å². The molecule has 0 atom stereocenters. The lowest BCUT2D eigenvalue weighted by molar-refractivity contribution is 0.234. The molecule has 0 aliphatic heterocycles. The molecule has 111 heavy (non-hydrogen) atoms. The molecule has 2 N–H and O–H groups in total. The molecule has 0 aliphatic rings. The molecule has 0 saturated heterocycles. The third kappa shape index (κ3) is 53.0. The number of aromatic nitrogens is 3. The van der Waals surface area contributed by atoms with Gasteiger partial charge >= 0.3 is 0 Å². The van der Waals surface area contributed by atoms with Crippen LogP contribution in [0.2, 0.25) is 0 Å². The summed E-state index contributed by atoms with van der Waals surface area (Å²) < 4.78 is 41.5. The van der Waals surface area contributed by atoms with Crippen molar-refractivity contribution >= 4 is 23.3 Å². The van der Waals surface area contributed by atoms with Gasteiger partial charge in [0.15, 0.2) is 28.8 Å². The summed E-state index contributed by atoms with van der Waals surface area (Å²) in [4.78, 5) is 15.6. The molecule has 4 rings (SSSR count). The fraction of sp³-hybridized carbons (Fsp3) is 0.780. The Morgan fingerprint density at radius 3 is 0.604 bits per heavy atom. The summed E-state index contributed by atoms with van der Waals surface area (Å²) in [5.41, 5.74) is 3.29. The largest absolute Gasteiger partial charge is 0.489 e. The lowest BCUT2D eigenvalue weighted by Gasteiger charge is -2.20. The van der Waals surface area contributed by atoms with Crippen molar-refractivity contribution in [2.75, 3.05) is 50.3 Å². The quantitative estimate of drug-likeness (QED) is 0.0412. The molecule has 11 heteroatoms. The average Bonchev–Trinajstić information content (AvgIpc) is 0.811. The monoisotopic (exact) mass is 1540 g/mol. The first-order valence-electron chi connectivity index (χ1n) is 48.3. The normalized spacial score (nSPS) is 11.5. The van der Waals surface area contributed by atoms with Gasteiger partial charge in [0.2, 0.25) is 23.4 Å². The van der Waals surface area contributed by atoms with Crippen molar-refractivity contribution in [3.8, 4) is 45.9 Å². The van der Waals surface area contributed by atoms with Crippen LogP contribution in [-0.4, -0.2) is 54.6 Å². The van der Waals surface area contributed by atoms with Gasteiger partial charge in [-0.15, -0.1) is 0 Å². The van der Waals surface area contributed by atoms with E-state index in [4.69, 9.17) is 43.4 Å². The van der Waals surface area contributed by atoms with Gasteiger partial charge in [-0.1, -0.05) is 451 Å². The number of unbranched alkanes of at least 4 members (excludes halogenated alkanes) is 60. The molecular formula is C100H174N5O6. The van der Waals surface area contributed by atoms with Crippen LogP contribution in [0.1, 0.15) is 471 Å². The number of hydrogen-bond acceptors (Lipinski definition) is 11. The van der Waals surface area contributed by atoms with E-state index in [1.54, 1.807) is 0 Å². The molecule has 635 valence electrons. The molecule has 0 bridgehead atoms. The summed E-state index contributed by atoms with van der Waals surface area (Å²) in [7, 11) is 0. The van der Waals surface area contributed by atoms with Crippen LogP contribution in [0.15, 0.2) is 48.5 Å². The predicted molar refractivity (Wildman–Crippen MR) is 481 cm³/mol. The number of nitrogens with zero attached hydrogens (tertiary/aromatic N) is 3. The average molecular weight is 1540 g/mol. The van der Waals surface area contributed by atoms with Crippen molar-refractivity contribution in [3.05, 3.63) is 61.0 Å². The highest BCUT2D eigenvalue weighted by Gasteiger charge is 2.21. The van der Waals surface area contributed by atoms with E-state index in [1.807, 2.05) is 24.3 Å².